The average molecular weight is 296 g/mol. The second kappa shape index (κ2) is 5.34. The van der Waals surface area contributed by atoms with E-state index in [9.17, 15) is 4.79 Å². The maximum atomic E-state index is 12.5. The van der Waals surface area contributed by atoms with Crippen LogP contribution in [-0.4, -0.2) is 16.0 Å². The lowest BCUT2D eigenvalue weighted by molar-refractivity contribution is -0.113. The molecule has 104 valence electrons. The number of hydrogen-bond donors (Lipinski definition) is 2. The number of para-hydroxylation sites is 1. The van der Waals surface area contributed by atoms with E-state index in [0.717, 1.165) is 5.69 Å². The van der Waals surface area contributed by atoms with E-state index < -0.39 is 0 Å². The molecule has 3 N–H and O–H groups in total. The molecule has 0 atom stereocenters. The summed E-state index contributed by atoms with van der Waals surface area (Å²) in [6, 6.07) is 12.8. The molecule has 1 aliphatic rings. The van der Waals surface area contributed by atoms with E-state index >= 15 is 0 Å². The van der Waals surface area contributed by atoms with Gasteiger partial charge in [-0.2, -0.15) is 0 Å². The van der Waals surface area contributed by atoms with E-state index in [1.807, 2.05) is 30.3 Å². The van der Waals surface area contributed by atoms with Crippen LogP contribution in [0.5, 0.6) is 0 Å². The summed E-state index contributed by atoms with van der Waals surface area (Å²) in [6.07, 6.45) is 3.25. The zero-order chi connectivity index (χ0) is 14.8. The van der Waals surface area contributed by atoms with E-state index in [4.69, 9.17) is 18.0 Å². The number of amides is 1. The van der Waals surface area contributed by atoms with Crippen LogP contribution in [0.4, 0.5) is 11.5 Å². The number of pyridine rings is 1. The minimum Gasteiger partial charge on any atom is -0.383 e. The predicted molar refractivity (Wildman–Crippen MR) is 86.3 cm³/mol. The van der Waals surface area contributed by atoms with Crippen LogP contribution < -0.4 is 16.0 Å². The van der Waals surface area contributed by atoms with Crippen molar-refractivity contribution < 1.29 is 4.79 Å². The number of rotatable bonds is 2. The van der Waals surface area contributed by atoms with Crippen molar-refractivity contribution in [1.82, 2.24) is 10.3 Å². The zero-order valence-corrected chi connectivity index (χ0v) is 11.8. The van der Waals surface area contributed by atoms with Gasteiger partial charge in [-0.05, 0) is 42.6 Å². The van der Waals surface area contributed by atoms with Crippen molar-refractivity contribution in [3.05, 3.63) is 59.9 Å². The summed E-state index contributed by atoms with van der Waals surface area (Å²) in [5.41, 5.74) is 7.56. The number of nitrogens with zero attached hydrogens (tertiary/aromatic N) is 2. The summed E-state index contributed by atoms with van der Waals surface area (Å²) in [6.45, 7) is 0. The number of anilines is 2. The van der Waals surface area contributed by atoms with E-state index in [-0.39, 0.29) is 5.91 Å². The lowest BCUT2D eigenvalue weighted by Gasteiger charge is -2.13. The maximum Gasteiger partial charge on any atom is 0.281 e. The lowest BCUT2D eigenvalue weighted by Crippen LogP contribution is -2.30. The lowest BCUT2D eigenvalue weighted by atomic mass is 10.2. The van der Waals surface area contributed by atoms with Crippen LogP contribution in [0.1, 0.15) is 5.56 Å². The number of nitrogen functional groups attached to an aromatic ring is 1. The highest BCUT2D eigenvalue weighted by atomic mass is 32.1. The third-order valence-electron chi connectivity index (χ3n) is 3.06. The molecule has 1 aliphatic heterocycles. The van der Waals surface area contributed by atoms with Crippen molar-refractivity contribution in [2.75, 3.05) is 10.6 Å². The van der Waals surface area contributed by atoms with Gasteiger partial charge in [-0.15, -0.1) is 0 Å². The van der Waals surface area contributed by atoms with Gasteiger partial charge in [-0.25, -0.2) is 4.98 Å². The summed E-state index contributed by atoms with van der Waals surface area (Å²) in [5, 5.41) is 3.26. The van der Waals surface area contributed by atoms with Gasteiger partial charge in [0.1, 0.15) is 11.5 Å². The fourth-order valence-electron chi connectivity index (χ4n) is 2.05. The number of thiocarbonyl (C=S) groups is 1. The number of benzene rings is 1. The highest BCUT2D eigenvalue weighted by Crippen LogP contribution is 2.22. The van der Waals surface area contributed by atoms with Crippen molar-refractivity contribution in [3.63, 3.8) is 0 Å². The molecule has 3 rings (SSSR count). The van der Waals surface area contributed by atoms with Gasteiger partial charge in [-0.1, -0.05) is 18.2 Å². The molecular formula is C15H12N4OS. The quantitative estimate of drug-likeness (QED) is 0.654. The van der Waals surface area contributed by atoms with Crippen LogP contribution in [0.15, 0.2) is 54.4 Å². The van der Waals surface area contributed by atoms with Gasteiger partial charge >= 0.3 is 0 Å². The molecule has 0 bridgehead atoms. The molecule has 2 heterocycles. The smallest absolute Gasteiger partial charge is 0.281 e. The first kappa shape index (κ1) is 13.3. The summed E-state index contributed by atoms with van der Waals surface area (Å²) in [4.78, 5) is 17.9. The predicted octanol–water partition coefficient (Wildman–Crippen LogP) is 1.93. The standard InChI is InChI=1S/C15H12N4OS/c16-13-10(5-4-8-17-13)9-12-14(20)19(15(21)18-12)11-6-2-1-3-7-11/h1-9H,(H2,16,17)(H,18,21). The van der Waals surface area contributed by atoms with Crippen LogP contribution in [-0.2, 0) is 4.79 Å². The molecular weight excluding hydrogens is 284 g/mol. The van der Waals surface area contributed by atoms with Crippen LogP contribution in [0.25, 0.3) is 6.08 Å². The second-order valence-electron chi connectivity index (χ2n) is 4.44. The first-order valence-corrected chi connectivity index (χ1v) is 6.70. The van der Waals surface area contributed by atoms with Crippen LogP contribution in [0, 0.1) is 0 Å². The number of carbonyl (C=O) groups excluding carboxylic acids is 1. The Morgan fingerprint density at radius 3 is 2.67 bits per heavy atom. The van der Waals surface area contributed by atoms with Crippen molar-refractivity contribution in [2.24, 2.45) is 0 Å². The molecule has 1 fully saturated rings. The molecule has 1 aromatic heterocycles. The molecule has 1 amide bonds. The highest BCUT2D eigenvalue weighted by molar-refractivity contribution is 7.80. The SMILES string of the molecule is Nc1ncccc1C=C1NC(=S)N(c2ccccc2)C1=O. The van der Waals surface area contributed by atoms with Gasteiger partial charge in [0.15, 0.2) is 5.11 Å². The molecule has 1 saturated heterocycles. The highest BCUT2D eigenvalue weighted by Gasteiger charge is 2.31. The molecule has 0 saturated carbocycles. The molecule has 0 spiro atoms. The topological polar surface area (TPSA) is 71.2 Å². The molecule has 6 heteroatoms. The number of carbonyl (C=O) groups is 1. The van der Waals surface area contributed by atoms with Gasteiger partial charge in [0.25, 0.3) is 5.91 Å². The third kappa shape index (κ3) is 2.48. The normalized spacial score (nSPS) is 16.4. The molecule has 1 aromatic carbocycles. The van der Waals surface area contributed by atoms with Crippen molar-refractivity contribution in [1.29, 1.82) is 0 Å². The minimum absolute atomic E-state index is 0.213. The van der Waals surface area contributed by atoms with E-state index in [0.29, 0.717) is 22.2 Å². The summed E-state index contributed by atoms with van der Waals surface area (Å²) in [7, 11) is 0. The molecule has 21 heavy (non-hydrogen) atoms. The molecule has 5 nitrogen and oxygen atoms in total. The number of nitrogens with two attached hydrogens (primary N) is 1. The Morgan fingerprint density at radius 1 is 1.19 bits per heavy atom. The fourth-order valence-corrected chi connectivity index (χ4v) is 2.35. The largest absolute Gasteiger partial charge is 0.383 e. The van der Waals surface area contributed by atoms with Crippen LogP contribution in [0.2, 0.25) is 0 Å². The zero-order valence-electron chi connectivity index (χ0n) is 11.0. The Kier molecular flexibility index (Phi) is 3.37. The summed E-state index contributed by atoms with van der Waals surface area (Å²) >= 11 is 5.23. The van der Waals surface area contributed by atoms with Crippen molar-refractivity contribution in [2.45, 2.75) is 0 Å². The Balaban J connectivity index is 1.96. The monoisotopic (exact) mass is 296 g/mol. The minimum atomic E-state index is -0.213. The average Bonchev–Trinajstić information content (AvgIpc) is 2.77. The molecule has 0 radical (unpaired) electrons. The van der Waals surface area contributed by atoms with Crippen molar-refractivity contribution >= 4 is 40.8 Å². The fraction of sp³-hybridized carbons (Fsp3) is 0. The van der Waals surface area contributed by atoms with Gasteiger partial charge in [0.2, 0.25) is 0 Å². The summed E-state index contributed by atoms with van der Waals surface area (Å²) < 4.78 is 0. The Labute approximate surface area is 127 Å². The Bertz CT molecular complexity index is 742. The van der Waals surface area contributed by atoms with E-state index in [1.54, 1.807) is 24.4 Å². The second-order valence-corrected chi connectivity index (χ2v) is 4.83. The number of nitrogens with one attached hydrogen (secondary N) is 1. The Morgan fingerprint density at radius 2 is 1.95 bits per heavy atom. The van der Waals surface area contributed by atoms with Gasteiger partial charge in [-0.3, -0.25) is 9.69 Å². The number of hydrogen-bond acceptors (Lipinski definition) is 4. The molecule has 2 aromatic rings. The molecule has 0 unspecified atom stereocenters. The molecule has 0 aliphatic carbocycles. The van der Waals surface area contributed by atoms with E-state index in [2.05, 4.69) is 10.3 Å². The Hall–Kier alpha value is -2.73. The first-order valence-electron chi connectivity index (χ1n) is 6.29. The number of aromatic nitrogens is 1. The van der Waals surface area contributed by atoms with Crippen LogP contribution in [0.3, 0.4) is 0 Å². The van der Waals surface area contributed by atoms with Crippen molar-refractivity contribution in [3.8, 4) is 0 Å². The van der Waals surface area contributed by atoms with Crippen LogP contribution >= 0.6 is 12.2 Å². The van der Waals surface area contributed by atoms with Gasteiger partial charge < -0.3 is 11.1 Å². The summed E-state index contributed by atoms with van der Waals surface area (Å²) in [5.74, 6) is 0.151. The first-order chi connectivity index (χ1) is 10.2. The third-order valence-corrected chi connectivity index (χ3v) is 3.35. The van der Waals surface area contributed by atoms with Gasteiger partial charge in [0, 0.05) is 11.8 Å². The van der Waals surface area contributed by atoms with Gasteiger partial charge in [0.05, 0.1) is 5.69 Å². The van der Waals surface area contributed by atoms with E-state index in [1.165, 1.54) is 4.90 Å². The maximum absolute atomic E-state index is 12.5.